The highest BCUT2D eigenvalue weighted by molar-refractivity contribution is 6.73. The zero-order chi connectivity index (χ0) is 9.35. The number of anilines is 1. The van der Waals surface area contributed by atoms with Crippen molar-refractivity contribution in [3.05, 3.63) is 18.2 Å². The summed E-state index contributed by atoms with van der Waals surface area (Å²) in [7, 11) is 0. The molecule has 0 aliphatic carbocycles. The van der Waals surface area contributed by atoms with E-state index in [2.05, 4.69) is 0 Å². The van der Waals surface area contributed by atoms with Crippen LogP contribution in [0.5, 0.6) is 5.75 Å². The summed E-state index contributed by atoms with van der Waals surface area (Å²) in [6.45, 7) is -5.05. The molecule has 3 N–H and O–H groups in total. The molecule has 12 heavy (non-hydrogen) atoms. The number of nitrogen functional groups attached to an aromatic ring is 1. The normalized spacial score (nSPS) is 11.6. The molecule has 1 aromatic carbocycles. The molecule has 1 aromatic rings. The van der Waals surface area contributed by atoms with E-state index in [1.807, 2.05) is 0 Å². The van der Waals surface area contributed by atoms with Gasteiger partial charge in [-0.15, -0.1) is 5.46 Å². The van der Waals surface area contributed by atoms with E-state index in [-0.39, 0.29) is 5.69 Å². The first-order chi connectivity index (χ1) is 5.41. The zero-order valence-corrected chi connectivity index (χ0v) is 5.97. The van der Waals surface area contributed by atoms with Crippen molar-refractivity contribution in [3.63, 3.8) is 0 Å². The van der Waals surface area contributed by atoms with Crippen LogP contribution >= 0.6 is 0 Å². The van der Waals surface area contributed by atoms with Gasteiger partial charge in [0.1, 0.15) is 5.75 Å². The molecule has 0 bridgehead atoms. The minimum absolute atomic E-state index is 0.0567. The molecule has 0 spiro atoms. The standard InChI is InChI=1S/C6H6BF3NO/c8-7(9,10)4-1-2-5(11)6(12)3-4/h1-3,12H,11H2/q-1. The van der Waals surface area contributed by atoms with E-state index in [1.165, 1.54) is 0 Å². The monoisotopic (exact) mass is 176 g/mol. The van der Waals surface area contributed by atoms with E-state index >= 15 is 0 Å². The van der Waals surface area contributed by atoms with Crippen molar-refractivity contribution in [2.24, 2.45) is 0 Å². The van der Waals surface area contributed by atoms with Crippen LogP contribution in [-0.2, 0) is 0 Å². The van der Waals surface area contributed by atoms with Crippen molar-refractivity contribution in [2.75, 3.05) is 5.73 Å². The highest BCUT2D eigenvalue weighted by Crippen LogP contribution is 2.19. The predicted molar refractivity (Wildman–Crippen MR) is 41.2 cm³/mol. The van der Waals surface area contributed by atoms with E-state index in [1.54, 1.807) is 0 Å². The molecular formula is C6H6BF3NO-. The topological polar surface area (TPSA) is 46.2 Å². The maximum atomic E-state index is 12.0. The molecule has 0 aromatic heterocycles. The van der Waals surface area contributed by atoms with Crippen LogP contribution in [0.4, 0.5) is 18.6 Å². The molecular weight excluding hydrogens is 170 g/mol. The van der Waals surface area contributed by atoms with E-state index < -0.39 is 18.2 Å². The number of halogens is 3. The quantitative estimate of drug-likeness (QED) is 0.381. The van der Waals surface area contributed by atoms with Crippen LogP contribution in [0.15, 0.2) is 18.2 Å². The van der Waals surface area contributed by atoms with Gasteiger partial charge in [-0.2, -0.15) is 0 Å². The lowest BCUT2D eigenvalue weighted by molar-refractivity contribution is 0.475. The lowest BCUT2D eigenvalue weighted by atomic mass is 9.80. The van der Waals surface area contributed by atoms with Gasteiger partial charge in [0.15, 0.2) is 0 Å². The Balaban J connectivity index is 3.14. The first-order valence-electron chi connectivity index (χ1n) is 3.19. The third-order valence-corrected chi connectivity index (χ3v) is 1.43. The van der Waals surface area contributed by atoms with Crippen molar-refractivity contribution < 1.29 is 18.1 Å². The third-order valence-electron chi connectivity index (χ3n) is 1.43. The zero-order valence-electron chi connectivity index (χ0n) is 5.97. The van der Waals surface area contributed by atoms with Crippen LogP contribution in [0.3, 0.4) is 0 Å². The Morgan fingerprint density at radius 2 is 1.83 bits per heavy atom. The Bertz CT molecular complexity index is 299. The minimum Gasteiger partial charge on any atom is -0.506 e. The molecule has 0 saturated carbocycles. The average Bonchev–Trinajstić information content (AvgIpc) is 1.92. The number of phenols is 1. The lowest BCUT2D eigenvalue weighted by Crippen LogP contribution is -2.33. The maximum absolute atomic E-state index is 12.0. The Kier molecular flexibility index (Phi) is 1.91. The Hall–Kier alpha value is -1.33. The van der Waals surface area contributed by atoms with Crippen LogP contribution in [-0.4, -0.2) is 12.1 Å². The number of phenolic OH excluding ortho intramolecular Hbond substituents is 1. The first kappa shape index (κ1) is 8.77. The highest BCUT2D eigenvalue weighted by atomic mass is 19.4. The van der Waals surface area contributed by atoms with E-state index in [0.29, 0.717) is 6.07 Å². The molecule has 1 rings (SSSR count). The summed E-state index contributed by atoms with van der Waals surface area (Å²) in [4.78, 5) is 0. The fraction of sp³-hybridized carbons (Fsp3) is 0. The smallest absolute Gasteiger partial charge is 0.506 e. The summed E-state index contributed by atoms with van der Waals surface area (Å²) in [6, 6.07) is 2.49. The molecule has 0 amide bonds. The molecule has 0 atom stereocenters. The van der Waals surface area contributed by atoms with Crippen molar-refractivity contribution in [3.8, 4) is 5.75 Å². The van der Waals surface area contributed by atoms with E-state index in [0.717, 1.165) is 12.1 Å². The van der Waals surface area contributed by atoms with Crippen molar-refractivity contribution in [2.45, 2.75) is 0 Å². The maximum Gasteiger partial charge on any atom is 0.509 e. The molecule has 66 valence electrons. The molecule has 2 nitrogen and oxygen atoms in total. The Morgan fingerprint density at radius 3 is 2.25 bits per heavy atom. The van der Waals surface area contributed by atoms with Gasteiger partial charge in [0.05, 0.1) is 5.69 Å². The largest absolute Gasteiger partial charge is 0.509 e. The molecule has 0 heterocycles. The molecule has 0 aliphatic heterocycles. The van der Waals surface area contributed by atoms with E-state index in [4.69, 9.17) is 10.8 Å². The minimum atomic E-state index is -5.05. The summed E-state index contributed by atoms with van der Waals surface area (Å²) >= 11 is 0. The van der Waals surface area contributed by atoms with Crippen molar-refractivity contribution in [1.82, 2.24) is 0 Å². The number of nitrogens with two attached hydrogens (primary N) is 1. The van der Waals surface area contributed by atoms with Crippen LogP contribution in [0.2, 0.25) is 0 Å². The van der Waals surface area contributed by atoms with Crippen LogP contribution in [0.25, 0.3) is 0 Å². The van der Waals surface area contributed by atoms with Gasteiger partial charge in [-0.3, -0.25) is 0 Å². The summed E-state index contributed by atoms with van der Waals surface area (Å²) in [6.07, 6.45) is 0. The van der Waals surface area contributed by atoms with Gasteiger partial charge < -0.3 is 23.8 Å². The fourth-order valence-electron chi connectivity index (χ4n) is 0.764. The molecule has 6 heteroatoms. The van der Waals surface area contributed by atoms with Gasteiger partial charge in [-0.25, -0.2) is 0 Å². The van der Waals surface area contributed by atoms with Crippen LogP contribution in [0.1, 0.15) is 0 Å². The van der Waals surface area contributed by atoms with Gasteiger partial charge >= 0.3 is 6.98 Å². The number of hydrogen-bond acceptors (Lipinski definition) is 2. The molecule has 0 saturated heterocycles. The predicted octanol–water partition coefficient (Wildman–Crippen LogP) is 1.03. The number of aromatic hydroxyl groups is 1. The van der Waals surface area contributed by atoms with Gasteiger partial charge in [-0.05, 0) is 12.1 Å². The lowest BCUT2D eigenvalue weighted by Gasteiger charge is -2.14. The Labute approximate surface area is 66.9 Å². The SMILES string of the molecule is Nc1ccc([B-](F)(F)F)cc1O. The Morgan fingerprint density at radius 1 is 1.25 bits per heavy atom. The van der Waals surface area contributed by atoms with Crippen LogP contribution < -0.4 is 11.2 Å². The molecule has 0 fully saturated rings. The second-order valence-corrected chi connectivity index (χ2v) is 2.39. The van der Waals surface area contributed by atoms with Gasteiger partial charge in [-0.1, -0.05) is 6.07 Å². The summed E-state index contributed by atoms with van der Waals surface area (Å²) < 4.78 is 36.0. The number of benzene rings is 1. The number of rotatable bonds is 1. The van der Waals surface area contributed by atoms with Gasteiger partial charge in [0.25, 0.3) is 0 Å². The van der Waals surface area contributed by atoms with Crippen molar-refractivity contribution >= 4 is 18.1 Å². The third kappa shape index (κ3) is 1.64. The van der Waals surface area contributed by atoms with Gasteiger partial charge in [0.2, 0.25) is 0 Å². The highest BCUT2D eigenvalue weighted by Gasteiger charge is 2.25. The molecule has 0 radical (unpaired) electrons. The second-order valence-electron chi connectivity index (χ2n) is 2.39. The fourth-order valence-corrected chi connectivity index (χ4v) is 0.764. The van der Waals surface area contributed by atoms with Gasteiger partial charge in [0, 0.05) is 0 Å². The first-order valence-corrected chi connectivity index (χ1v) is 3.19. The molecule has 0 aliphatic rings. The summed E-state index contributed by atoms with van der Waals surface area (Å²) in [5, 5.41) is 8.85. The van der Waals surface area contributed by atoms with Crippen molar-refractivity contribution in [1.29, 1.82) is 0 Å². The number of hydrogen-bond donors (Lipinski definition) is 2. The summed E-state index contributed by atoms with van der Waals surface area (Å²) in [5.41, 5.74) is 4.22. The van der Waals surface area contributed by atoms with Crippen LogP contribution in [0, 0.1) is 0 Å². The summed E-state index contributed by atoms with van der Waals surface area (Å²) in [5.74, 6) is -0.535. The average molecular weight is 176 g/mol. The molecule has 0 unspecified atom stereocenters. The second kappa shape index (κ2) is 2.62. The van der Waals surface area contributed by atoms with E-state index in [9.17, 15) is 12.9 Å².